The molecule has 1 heterocycles. The van der Waals surface area contributed by atoms with Gasteiger partial charge in [0.2, 0.25) is 0 Å². The minimum Gasteiger partial charge on any atom is -0.497 e. The van der Waals surface area contributed by atoms with Crippen LogP contribution in [0.5, 0.6) is 11.5 Å². The zero-order valence-corrected chi connectivity index (χ0v) is 16.2. The van der Waals surface area contributed by atoms with Gasteiger partial charge in [-0.25, -0.2) is 4.39 Å². The molecular weight excluding hydrogens is 379 g/mol. The third-order valence-electron chi connectivity index (χ3n) is 4.63. The first-order chi connectivity index (χ1) is 13.6. The predicted molar refractivity (Wildman–Crippen MR) is 109 cm³/mol. The summed E-state index contributed by atoms with van der Waals surface area (Å²) in [5.74, 6) is 1.10. The molecule has 3 aromatic carbocycles. The SMILES string of the molecule is COc1ccc(-c2c3cccc(Cl)c3nn2Cc2ccc(F)cc2)c(OC)c1. The molecule has 142 valence electrons. The lowest BCUT2D eigenvalue weighted by Gasteiger charge is -2.13. The van der Waals surface area contributed by atoms with Crippen LogP contribution in [-0.4, -0.2) is 24.0 Å². The average molecular weight is 397 g/mol. The van der Waals surface area contributed by atoms with Gasteiger partial charge in [0.25, 0.3) is 0 Å². The van der Waals surface area contributed by atoms with E-state index in [0.717, 1.165) is 22.2 Å². The van der Waals surface area contributed by atoms with E-state index in [2.05, 4.69) is 0 Å². The van der Waals surface area contributed by atoms with E-state index in [0.29, 0.717) is 28.6 Å². The highest BCUT2D eigenvalue weighted by atomic mass is 35.5. The Morgan fingerprint density at radius 3 is 2.50 bits per heavy atom. The molecule has 6 heteroatoms. The first kappa shape index (κ1) is 18.3. The number of benzene rings is 3. The topological polar surface area (TPSA) is 36.3 Å². The van der Waals surface area contributed by atoms with Gasteiger partial charge in [0.15, 0.2) is 0 Å². The summed E-state index contributed by atoms with van der Waals surface area (Å²) in [4.78, 5) is 0. The van der Waals surface area contributed by atoms with E-state index in [4.69, 9.17) is 26.2 Å². The summed E-state index contributed by atoms with van der Waals surface area (Å²) < 4.78 is 26.1. The molecule has 0 aliphatic carbocycles. The molecule has 0 aliphatic heterocycles. The zero-order valence-electron chi connectivity index (χ0n) is 15.4. The molecule has 1 aromatic heterocycles. The van der Waals surface area contributed by atoms with Crippen molar-refractivity contribution in [2.75, 3.05) is 14.2 Å². The summed E-state index contributed by atoms with van der Waals surface area (Å²) in [6, 6.07) is 17.7. The highest BCUT2D eigenvalue weighted by Crippen LogP contribution is 2.39. The zero-order chi connectivity index (χ0) is 19.7. The van der Waals surface area contributed by atoms with Crippen molar-refractivity contribution in [3.63, 3.8) is 0 Å². The van der Waals surface area contributed by atoms with Gasteiger partial charge in [-0.15, -0.1) is 0 Å². The van der Waals surface area contributed by atoms with Crippen molar-refractivity contribution < 1.29 is 13.9 Å². The van der Waals surface area contributed by atoms with Gasteiger partial charge >= 0.3 is 0 Å². The normalized spacial score (nSPS) is 11.0. The summed E-state index contributed by atoms with van der Waals surface area (Å²) in [7, 11) is 3.23. The highest BCUT2D eigenvalue weighted by molar-refractivity contribution is 6.35. The molecule has 0 saturated heterocycles. The van der Waals surface area contributed by atoms with Crippen LogP contribution in [0, 0.1) is 5.82 Å². The maximum Gasteiger partial charge on any atom is 0.131 e. The van der Waals surface area contributed by atoms with Crippen molar-refractivity contribution in [3.8, 4) is 22.8 Å². The number of aromatic nitrogens is 2. The van der Waals surface area contributed by atoms with Gasteiger partial charge in [0.1, 0.15) is 22.8 Å². The lowest BCUT2D eigenvalue weighted by Crippen LogP contribution is -2.04. The van der Waals surface area contributed by atoms with E-state index in [-0.39, 0.29) is 5.82 Å². The fraction of sp³-hybridized carbons (Fsp3) is 0.136. The summed E-state index contributed by atoms with van der Waals surface area (Å²) in [5.41, 5.74) is 3.38. The molecule has 0 fully saturated rings. The fourth-order valence-electron chi connectivity index (χ4n) is 3.27. The van der Waals surface area contributed by atoms with Gasteiger partial charge < -0.3 is 9.47 Å². The molecule has 0 atom stereocenters. The molecule has 28 heavy (non-hydrogen) atoms. The van der Waals surface area contributed by atoms with E-state index in [1.165, 1.54) is 12.1 Å². The Labute approximate surface area is 167 Å². The minimum atomic E-state index is -0.269. The monoisotopic (exact) mass is 396 g/mol. The van der Waals surface area contributed by atoms with Crippen molar-refractivity contribution >= 4 is 22.5 Å². The van der Waals surface area contributed by atoms with Gasteiger partial charge in [-0.3, -0.25) is 4.68 Å². The van der Waals surface area contributed by atoms with E-state index in [1.807, 2.05) is 41.1 Å². The Hall–Kier alpha value is -3.05. The third-order valence-corrected chi connectivity index (χ3v) is 4.94. The predicted octanol–water partition coefficient (Wildman–Crippen LogP) is 5.56. The smallest absolute Gasteiger partial charge is 0.131 e. The number of nitrogens with zero attached hydrogens (tertiary/aromatic N) is 2. The molecular formula is C22H18ClFN2O2. The van der Waals surface area contributed by atoms with Gasteiger partial charge in [-0.1, -0.05) is 35.9 Å². The molecule has 0 aliphatic rings. The summed E-state index contributed by atoms with van der Waals surface area (Å²) in [6.07, 6.45) is 0. The summed E-state index contributed by atoms with van der Waals surface area (Å²) in [6.45, 7) is 0.468. The molecule has 4 rings (SSSR count). The lowest BCUT2D eigenvalue weighted by molar-refractivity contribution is 0.395. The van der Waals surface area contributed by atoms with Crippen molar-refractivity contribution in [1.82, 2.24) is 9.78 Å². The van der Waals surface area contributed by atoms with E-state index in [1.54, 1.807) is 26.4 Å². The number of hydrogen-bond donors (Lipinski definition) is 0. The van der Waals surface area contributed by atoms with Crippen LogP contribution in [0.25, 0.3) is 22.2 Å². The number of fused-ring (bicyclic) bond motifs is 1. The van der Waals surface area contributed by atoms with Crippen LogP contribution in [0.4, 0.5) is 4.39 Å². The largest absolute Gasteiger partial charge is 0.497 e. The quantitative estimate of drug-likeness (QED) is 0.443. The lowest BCUT2D eigenvalue weighted by atomic mass is 10.1. The third kappa shape index (κ3) is 3.29. The van der Waals surface area contributed by atoms with E-state index < -0.39 is 0 Å². The van der Waals surface area contributed by atoms with Crippen LogP contribution < -0.4 is 9.47 Å². The van der Waals surface area contributed by atoms with E-state index >= 15 is 0 Å². The van der Waals surface area contributed by atoms with Gasteiger partial charge in [-0.2, -0.15) is 5.10 Å². The van der Waals surface area contributed by atoms with E-state index in [9.17, 15) is 4.39 Å². The number of rotatable bonds is 5. The molecule has 0 spiro atoms. The molecule has 4 nitrogen and oxygen atoms in total. The second kappa shape index (κ2) is 7.52. The molecule has 0 bridgehead atoms. The van der Waals surface area contributed by atoms with Gasteiger partial charge in [0, 0.05) is 17.0 Å². The van der Waals surface area contributed by atoms with Crippen molar-refractivity contribution in [2.24, 2.45) is 0 Å². The van der Waals surface area contributed by atoms with Crippen LogP contribution in [-0.2, 0) is 6.54 Å². The highest BCUT2D eigenvalue weighted by Gasteiger charge is 2.19. The molecule has 0 saturated carbocycles. The Morgan fingerprint density at radius 1 is 1.00 bits per heavy atom. The Kier molecular flexibility index (Phi) is 4.92. The Morgan fingerprint density at radius 2 is 1.79 bits per heavy atom. The standard InChI is InChI=1S/C22H18ClFN2O2/c1-27-16-10-11-17(20(12-16)28-2)22-18-4-3-5-19(23)21(18)25-26(22)13-14-6-8-15(24)9-7-14/h3-12H,13H2,1-2H3. The molecule has 0 radical (unpaired) electrons. The second-order valence-electron chi connectivity index (χ2n) is 6.33. The number of hydrogen-bond acceptors (Lipinski definition) is 3. The number of methoxy groups -OCH3 is 2. The molecule has 0 amide bonds. The fourth-order valence-corrected chi connectivity index (χ4v) is 3.49. The maximum atomic E-state index is 13.3. The van der Waals surface area contributed by atoms with Crippen molar-refractivity contribution in [2.45, 2.75) is 6.54 Å². The Bertz CT molecular complexity index is 1140. The van der Waals surface area contributed by atoms with Crippen molar-refractivity contribution in [3.05, 3.63) is 77.1 Å². The van der Waals surface area contributed by atoms with Gasteiger partial charge in [0.05, 0.1) is 31.5 Å². The first-order valence-electron chi connectivity index (χ1n) is 8.72. The Balaban J connectivity index is 1.93. The first-order valence-corrected chi connectivity index (χ1v) is 9.10. The number of ether oxygens (including phenoxy) is 2. The van der Waals surface area contributed by atoms with Crippen molar-refractivity contribution in [1.29, 1.82) is 0 Å². The van der Waals surface area contributed by atoms with Crippen LogP contribution in [0.3, 0.4) is 0 Å². The minimum absolute atomic E-state index is 0.269. The van der Waals surface area contributed by atoms with Crippen LogP contribution >= 0.6 is 11.6 Å². The van der Waals surface area contributed by atoms with Crippen LogP contribution in [0.15, 0.2) is 60.7 Å². The molecule has 0 N–H and O–H groups in total. The maximum absolute atomic E-state index is 13.3. The summed E-state index contributed by atoms with van der Waals surface area (Å²) in [5, 5.41) is 6.22. The van der Waals surface area contributed by atoms with Crippen LogP contribution in [0.1, 0.15) is 5.56 Å². The molecule has 4 aromatic rings. The summed E-state index contributed by atoms with van der Waals surface area (Å²) >= 11 is 6.40. The number of halogens is 2. The average Bonchev–Trinajstić information content (AvgIpc) is 3.08. The second-order valence-corrected chi connectivity index (χ2v) is 6.74. The van der Waals surface area contributed by atoms with Gasteiger partial charge in [-0.05, 0) is 35.9 Å². The van der Waals surface area contributed by atoms with Crippen LogP contribution in [0.2, 0.25) is 5.02 Å². The molecule has 0 unspecified atom stereocenters.